The van der Waals surface area contributed by atoms with Crippen LogP contribution in [-0.2, 0) is 0 Å². The number of benzene rings is 4. The van der Waals surface area contributed by atoms with Crippen molar-refractivity contribution in [3.05, 3.63) is 107 Å². The van der Waals surface area contributed by atoms with Crippen LogP contribution in [0.1, 0.15) is 26.5 Å². The van der Waals surface area contributed by atoms with Crippen molar-refractivity contribution in [3.63, 3.8) is 0 Å². The van der Waals surface area contributed by atoms with E-state index >= 15 is 0 Å². The van der Waals surface area contributed by atoms with Crippen LogP contribution in [0.2, 0.25) is 5.02 Å². The third-order valence-electron chi connectivity index (χ3n) is 6.89. The number of halogens is 1. The lowest BCUT2D eigenvalue weighted by Gasteiger charge is -2.13. The number of carboxylic acid groups (broad SMARTS) is 1. The predicted molar refractivity (Wildman–Crippen MR) is 161 cm³/mol. The molecule has 10 heteroatoms. The highest BCUT2D eigenvalue weighted by Gasteiger charge is 2.21. The summed E-state index contributed by atoms with van der Waals surface area (Å²) in [6.45, 7) is 1.91. The van der Waals surface area contributed by atoms with E-state index in [4.69, 9.17) is 16.3 Å². The Balaban J connectivity index is 1.45. The van der Waals surface area contributed by atoms with Gasteiger partial charge in [-0.25, -0.2) is 19.6 Å². The third-order valence-corrected chi connectivity index (χ3v) is 7.14. The zero-order chi connectivity index (χ0) is 30.4. The van der Waals surface area contributed by atoms with Crippen LogP contribution in [0.5, 0.6) is 23.0 Å². The van der Waals surface area contributed by atoms with Crippen molar-refractivity contribution in [2.24, 2.45) is 0 Å². The van der Waals surface area contributed by atoms with Gasteiger partial charge in [0, 0.05) is 27.9 Å². The van der Waals surface area contributed by atoms with E-state index < -0.39 is 17.6 Å². The first-order valence-electron chi connectivity index (χ1n) is 12.9. The molecule has 2 aromatic heterocycles. The number of aromatic carboxylic acids is 1. The van der Waals surface area contributed by atoms with Gasteiger partial charge >= 0.3 is 11.9 Å². The molecule has 0 saturated carbocycles. The summed E-state index contributed by atoms with van der Waals surface area (Å²) in [5, 5.41) is 42.7. The number of esters is 1. The highest BCUT2D eigenvalue weighted by molar-refractivity contribution is 6.30. The van der Waals surface area contributed by atoms with E-state index in [9.17, 15) is 30.0 Å². The number of carbonyl (C=O) groups is 2. The molecule has 0 amide bonds. The summed E-state index contributed by atoms with van der Waals surface area (Å²) in [4.78, 5) is 33.4. The van der Waals surface area contributed by atoms with Gasteiger partial charge in [0.05, 0.1) is 0 Å². The fraction of sp³-hybridized carbons (Fsp3) is 0.0303. The molecule has 6 aromatic rings. The monoisotopic (exact) mass is 592 g/mol. The highest BCUT2D eigenvalue weighted by Crippen LogP contribution is 2.38. The van der Waals surface area contributed by atoms with E-state index in [0.717, 1.165) is 28.8 Å². The number of pyridine rings is 2. The number of phenolic OH excluding ortho intramolecular Hbond substituents is 1. The van der Waals surface area contributed by atoms with Gasteiger partial charge in [0.2, 0.25) is 0 Å². The number of aryl methyl sites for hydroxylation is 1. The minimum Gasteiger partial charge on any atom is -0.507 e. The molecular weight excluding hydrogens is 572 g/mol. The van der Waals surface area contributed by atoms with E-state index in [2.05, 4.69) is 9.97 Å². The lowest BCUT2D eigenvalue weighted by atomic mass is 10.0. The first-order chi connectivity index (χ1) is 20.6. The average molecular weight is 593 g/mol. The molecule has 0 fully saturated rings. The van der Waals surface area contributed by atoms with Crippen molar-refractivity contribution in [1.82, 2.24) is 9.97 Å². The van der Waals surface area contributed by atoms with E-state index in [1.807, 2.05) is 31.2 Å². The summed E-state index contributed by atoms with van der Waals surface area (Å²) in [6.07, 6.45) is 0. The lowest BCUT2D eigenvalue weighted by Crippen LogP contribution is -2.12. The number of nitrogens with zero attached hydrogens (tertiary/aromatic N) is 2. The van der Waals surface area contributed by atoms with Crippen LogP contribution < -0.4 is 4.74 Å². The molecule has 43 heavy (non-hydrogen) atoms. The van der Waals surface area contributed by atoms with Crippen LogP contribution in [0.3, 0.4) is 0 Å². The van der Waals surface area contributed by atoms with Crippen LogP contribution in [0, 0.1) is 6.92 Å². The zero-order valence-corrected chi connectivity index (χ0v) is 23.1. The van der Waals surface area contributed by atoms with Gasteiger partial charge in [0.1, 0.15) is 28.3 Å². The van der Waals surface area contributed by atoms with E-state index in [-0.39, 0.29) is 50.5 Å². The molecule has 0 radical (unpaired) electrons. The minimum absolute atomic E-state index is 0.0352. The largest absolute Gasteiger partial charge is 0.507 e. The minimum atomic E-state index is -1.38. The maximum Gasteiger partial charge on any atom is 0.362 e. The van der Waals surface area contributed by atoms with E-state index in [1.165, 1.54) is 12.1 Å². The van der Waals surface area contributed by atoms with Crippen LogP contribution in [0.15, 0.2) is 84.9 Å². The van der Waals surface area contributed by atoms with E-state index in [1.54, 1.807) is 36.4 Å². The number of aromatic hydroxyl groups is 3. The molecule has 6 rings (SSSR count). The predicted octanol–water partition coefficient (Wildman–Crippen LogP) is 7.11. The first-order valence-corrected chi connectivity index (χ1v) is 13.3. The molecule has 0 aliphatic carbocycles. The molecule has 0 atom stereocenters. The van der Waals surface area contributed by atoms with Crippen molar-refractivity contribution < 1.29 is 34.8 Å². The van der Waals surface area contributed by atoms with Crippen molar-refractivity contribution in [1.29, 1.82) is 0 Å². The summed E-state index contributed by atoms with van der Waals surface area (Å²) in [5.74, 6) is -3.50. The Bertz CT molecular complexity index is 2110. The molecule has 212 valence electrons. The quantitative estimate of drug-likeness (QED) is 0.121. The molecule has 0 aliphatic rings. The van der Waals surface area contributed by atoms with Crippen molar-refractivity contribution >= 4 is 45.3 Å². The van der Waals surface area contributed by atoms with Crippen LogP contribution in [0.4, 0.5) is 0 Å². The number of aromatic nitrogens is 2. The van der Waals surface area contributed by atoms with E-state index in [0.29, 0.717) is 16.1 Å². The summed E-state index contributed by atoms with van der Waals surface area (Å²) in [5.41, 5.74) is 2.74. The average Bonchev–Trinajstić information content (AvgIpc) is 2.97. The fourth-order valence-corrected chi connectivity index (χ4v) is 4.94. The SMILES string of the molecule is Cc1cccc(-c2cc(OC(=O)c3cc(O)c4cc(-c5ccc(Cl)cc5)cc(O)c4n3)c3nc(C(=O)O)cc(O)c3c2)c1. The van der Waals surface area contributed by atoms with Crippen molar-refractivity contribution in [2.45, 2.75) is 6.92 Å². The fourth-order valence-electron chi connectivity index (χ4n) is 4.81. The highest BCUT2D eigenvalue weighted by atomic mass is 35.5. The molecule has 0 saturated heterocycles. The second-order valence-corrected chi connectivity index (χ2v) is 10.3. The number of hydrogen-bond donors (Lipinski definition) is 4. The molecule has 9 nitrogen and oxygen atoms in total. The van der Waals surface area contributed by atoms with Gasteiger partial charge in [-0.3, -0.25) is 0 Å². The second kappa shape index (κ2) is 10.6. The molecule has 4 N–H and O–H groups in total. The van der Waals surface area contributed by atoms with Crippen LogP contribution in [0.25, 0.3) is 44.1 Å². The number of hydrogen-bond acceptors (Lipinski definition) is 8. The Morgan fingerprint density at radius 2 is 1.30 bits per heavy atom. The summed E-state index contributed by atoms with van der Waals surface area (Å²) in [7, 11) is 0. The van der Waals surface area contributed by atoms with Crippen LogP contribution in [-0.4, -0.2) is 42.3 Å². The number of phenols is 1. The van der Waals surface area contributed by atoms with Gasteiger partial charge in [0.25, 0.3) is 0 Å². The molecule has 0 bridgehead atoms. The molecule has 0 unspecified atom stereocenters. The molecule has 0 aliphatic heterocycles. The normalized spacial score (nSPS) is 11.1. The number of carboxylic acids is 1. The Morgan fingerprint density at radius 1 is 0.674 bits per heavy atom. The smallest absolute Gasteiger partial charge is 0.362 e. The van der Waals surface area contributed by atoms with Crippen molar-refractivity contribution in [2.75, 3.05) is 0 Å². The maximum absolute atomic E-state index is 13.4. The molecule has 2 heterocycles. The summed E-state index contributed by atoms with van der Waals surface area (Å²) >= 11 is 5.98. The lowest BCUT2D eigenvalue weighted by molar-refractivity contribution is 0.0689. The maximum atomic E-state index is 13.4. The Labute approximate surface area is 248 Å². The Kier molecular flexibility index (Phi) is 6.79. The standard InChI is InChI=1S/C33H21ClN2O7/c1-16-3-2-4-18(9-16)20-11-23-26(37)14-24(32(40)41)35-31(23)29(13-20)43-33(42)25-15-27(38)22-10-19(12-28(39)30(22)36-25)17-5-7-21(34)8-6-17/h2-15,39H,1H3,(H,35,37)(H,36,38)(H,40,41). The van der Waals surface area contributed by atoms with Gasteiger partial charge in [-0.2, -0.15) is 0 Å². The Morgan fingerprint density at radius 3 is 1.98 bits per heavy atom. The molecular formula is C33H21ClN2O7. The number of rotatable bonds is 5. The topological polar surface area (TPSA) is 150 Å². The van der Waals surface area contributed by atoms with Gasteiger partial charge < -0.3 is 25.2 Å². The number of ether oxygens (including phenoxy) is 1. The third kappa shape index (κ3) is 5.25. The van der Waals surface area contributed by atoms with Gasteiger partial charge in [0.15, 0.2) is 17.1 Å². The molecule has 4 aromatic carbocycles. The number of fused-ring (bicyclic) bond motifs is 2. The van der Waals surface area contributed by atoms with Gasteiger partial charge in [-0.1, -0.05) is 53.6 Å². The second-order valence-electron chi connectivity index (χ2n) is 9.89. The first kappa shape index (κ1) is 27.5. The Hall–Kier alpha value is -5.67. The summed E-state index contributed by atoms with van der Waals surface area (Å²) < 4.78 is 5.67. The zero-order valence-electron chi connectivity index (χ0n) is 22.4. The van der Waals surface area contributed by atoms with Crippen LogP contribution >= 0.6 is 11.6 Å². The molecule has 0 spiro atoms. The number of carbonyl (C=O) groups excluding carboxylic acids is 1. The van der Waals surface area contributed by atoms with Gasteiger partial charge in [-0.05, 0) is 65.6 Å². The van der Waals surface area contributed by atoms with Gasteiger partial charge in [-0.15, -0.1) is 0 Å². The van der Waals surface area contributed by atoms with Crippen molar-refractivity contribution in [3.8, 4) is 45.3 Å². The summed E-state index contributed by atoms with van der Waals surface area (Å²) in [6, 6.07) is 22.7.